The van der Waals surface area contributed by atoms with E-state index >= 15 is 0 Å². The lowest BCUT2D eigenvalue weighted by atomic mass is 10.1. The van der Waals surface area contributed by atoms with Gasteiger partial charge in [-0.2, -0.15) is 4.31 Å². The first-order valence-corrected chi connectivity index (χ1v) is 12.5. The van der Waals surface area contributed by atoms with Crippen molar-refractivity contribution in [2.75, 3.05) is 26.2 Å². The first kappa shape index (κ1) is 25.4. The van der Waals surface area contributed by atoms with Crippen LogP contribution in [0, 0.1) is 13.8 Å². The third-order valence-electron chi connectivity index (χ3n) is 5.84. The standard InChI is InChI=1S/C24H29N3O6S/c1-17-8-9-18(2)21(16-17)34(32,33)27-14-12-26(13-15-27)22(28)11-10-20(24(30)31)25-23(29)19-6-4-3-5-7-19/h3-9,16,20H,10-15H2,1-2H3,(H,25,29)(H,30,31)/t20-/m0/s1. The Labute approximate surface area is 199 Å². The smallest absolute Gasteiger partial charge is 0.326 e. The maximum atomic E-state index is 13.1. The minimum absolute atomic E-state index is 0.0618. The van der Waals surface area contributed by atoms with Gasteiger partial charge in [-0.05, 0) is 49.6 Å². The fourth-order valence-corrected chi connectivity index (χ4v) is 5.55. The molecule has 0 radical (unpaired) electrons. The van der Waals surface area contributed by atoms with Gasteiger partial charge in [-0.3, -0.25) is 9.59 Å². The lowest BCUT2D eigenvalue weighted by Gasteiger charge is -2.34. The lowest BCUT2D eigenvalue weighted by Crippen LogP contribution is -2.51. The summed E-state index contributed by atoms with van der Waals surface area (Å²) < 4.78 is 27.5. The molecule has 1 saturated heterocycles. The largest absolute Gasteiger partial charge is 0.480 e. The third-order valence-corrected chi connectivity index (χ3v) is 7.88. The molecule has 0 aliphatic carbocycles. The number of nitrogens with zero attached hydrogens (tertiary/aromatic N) is 2. The highest BCUT2D eigenvalue weighted by Gasteiger charge is 2.31. The highest BCUT2D eigenvalue weighted by atomic mass is 32.2. The lowest BCUT2D eigenvalue weighted by molar-refractivity contribution is -0.139. The molecule has 1 aliphatic rings. The number of aryl methyl sites for hydroxylation is 2. The third kappa shape index (κ3) is 6.00. The Hall–Kier alpha value is -3.24. The van der Waals surface area contributed by atoms with Crippen molar-refractivity contribution in [3.8, 4) is 0 Å². The van der Waals surface area contributed by atoms with E-state index in [4.69, 9.17) is 0 Å². The Kier molecular flexibility index (Phi) is 8.06. The van der Waals surface area contributed by atoms with Gasteiger partial charge in [-0.1, -0.05) is 30.3 Å². The Morgan fingerprint density at radius 3 is 2.26 bits per heavy atom. The van der Waals surface area contributed by atoms with Gasteiger partial charge in [0.05, 0.1) is 4.90 Å². The summed E-state index contributed by atoms with van der Waals surface area (Å²) in [5, 5.41) is 11.9. The molecule has 1 aliphatic heterocycles. The van der Waals surface area contributed by atoms with Gasteiger partial charge in [0.1, 0.15) is 6.04 Å². The van der Waals surface area contributed by atoms with Crippen molar-refractivity contribution in [3.63, 3.8) is 0 Å². The Morgan fingerprint density at radius 2 is 1.65 bits per heavy atom. The van der Waals surface area contributed by atoms with Gasteiger partial charge in [-0.25, -0.2) is 13.2 Å². The molecular formula is C24H29N3O6S. The van der Waals surface area contributed by atoms with E-state index in [9.17, 15) is 27.9 Å². The first-order chi connectivity index (χ1) is 16.1. The molecule has 0 spiro atoms. The average molecular weight is 488 g/mol. The molecule has 2 N–H and O–H groups in total. The molecule has 2 amide bonds. The number of carbonyl (C=O) groups is 3. The minimum atomic E-state index is -3.67. The number of benzene rings is 2. The van der Waals surface area contributed by atoms with Gasteiger partial charge in [0, 0.05) is 38.2 Å². The monoisotopic (exact) mass is 487 g/mol. The SMILES string of the molecule is Cc1ccc(C)c(S(=O)(=O)N2CCN(C(=O)CC[C@H](NC(=O)c3ccccc3)C(=O)O)CC2)c1. The Balaban J connectivity index is 1.55. The van der Waals surface area contributed by atoms with Crippen LogP contribution in [0.5, 0.6) is 0 Å². The first-order valence-electron chi connectivity index (χ1n) is 11.0. The molecule has 2 aromatic carbocycles. The quantitative estimate of drug-likeness (QED) is 0.585. The zero-order chi connectivity index (χ0) is 24.9. The second kappa shape index (κ2) is 10.8. The normalized spacial score (nSPS) is 15.5. The number of rotatable bonds is 8. The molecule has 0 saturated carbocycles. The number of hydrogen-bond donors (Lipinski definition) is 2. The van der Waals surface area contributed by atoms with E-state index in [1.54, 1.807) is 49.4 Å². The van der Waals surface area contributed by atoms with Crippen LogP contribution in [0.4, 0.5) is 0 Å². The summed E-state index contributed by atoms with van der Waals surface area (Å²) in [5.41, 5.74) is 1.85. The molecule has 0 aromatic heterocycles. The molecule has 0 bridgehead atoms. The molecule has 2 aromatic rings. The number of carboxylic acids is 1. The van der Waals surface area contributed by atoms with Crippen molar-refractivity contribution in [1.82, 2.24) is 14.5 Å². The fraction of sp³-hybridized carbons (Fsp3) is 0.375. The molecule has 1 fully saturated rings. The summed E-state index contributed by atoms with van der Waals surface area (Å²) in [5.74, 6) is -2.02. The summed E-state index contributed by atoms with van der Waals surface area (Å²) in [6.07, 6.45) is -0.135. The molecule has 1 heterocycles. The highest BCUT2D eigenvalue weighted by Crippen LogP contribution is 2.22. The second-order valence-corrected chi connectivity index (χ2v) is 10.2. The van der Waals surface area contributed by atoms with Gasteiger partial charge in [0.15, 0.2) is 0 Å². The number of carboxylic acid groups (broad SMARTS) is 1. The van der Waals surface area contributed by atoms with Gasteiger partial charge < -0.3 is 15.3 Å². The molecule has 3 rings (SSSR count). The summed E-state index contributed by atoms with van der Waals surface area (Å²) >= 11 is 0. The summed E-state index contributed by atoms with van der Waals surface area (Å²) in [6.45, 7) is 4.35. The van der Waals surface area contributed by atoms with E-state index in [-0.39, 0.29) is 49.8 Å². The van der Waals surface area contributed by atoms with Crippen LogP contribution < -0.4 is 5.32 Å². The molecule has 10 heteroatoms. The maximum Gasteiger partial charge on any atom is 0.326 e. The van der Waals surface area contributed by atoms with Crippen LogP contribution in [-0.2, 0) is 19.6 Å². The van der Waals surface area contributed by atoms with Crippen molar-refractivity contribution < 1.29 is 27.9 Å². The van der Waals surface area contributed by atoms with E-state index in [0.29, 0.717) is 11.1 Å². The van der Waals surface area contributed by atoms with Crippen molar-refractivity contribution >= 4 is 27.8 Å². The van der Waals surface area contributed by atoms with Crippen LogP contribution in [0.25, 0.3) is 0 Å². The van der Waals surface area contributed by atoms with Crippen LogP contribution in [0.2, 0.25) is 0 Å². The van der Waals surface area contributed by atoms with Crippen molar-refractivity contribution in [1.29, 1.82) is 0 Å². The van der Waals surface area contributed by atoms with Crippen LogP contribution in [-0.4, -0.2) is 72.7 Å². The van der Waals surface area contributed by atoms with Crippen LogP contribution in [0.15, 0.2) is 53.4 Å². The molecular weight excluding hydrogens is 458 g/mol. The summed E-state index contributed by atoms with van der Waals surface area (Å²) in [6, 6.07) is 12.3. The van der Waals surface area contributed by atoms with E-state index in [1.165, 1.54) is 9.21 Å². The average Bonchev–Trinajstić information content (AvgIpc) is 2.83. The van der Waals surface area contributed by atoms with E-state index in [1.807, 2.05) is 13.0 Å². The van der Waals surface area contributed by atoms with Gasteiger partial charge in [0.25, 0.3) is 5.91 Å². The van der Waals surface area contributed by atoms with Crippen LogP contribution >= 0.6 is 0 Å². The van der Waals surface area contributed by atoms with Gasteiger partial charge in [-0.15, -0.1) is 0 Å². The number of aliphatic carboxylic acids is 1. The van der Waals surface area contributed by atoms with Crippen molar-refractivity contribution in [2.24, 2.45) is 0 Å². The Bertz CT molecular complexity index is 1160. The summed E-state index contributed by atoms with van der Waals surface area (Å²) in [7, 11) is -3.67. The van der Waals surface area contributed by atoms with Crippen molar-refractivity contribution in [3.05, 3.63) is 65.2 Å². The minimum Gasteiger partial charge on any atom is -0.480 e. The van der Waals surface area contributed by atoms with Crippen molar-refractivity contribution in [2.45, 2.75) is 37.6 Å². The highest BCUT2D eigenvalue weighted by molar-refractivity contribution is 7.89. The summed E-state index contributed by atoms with van der Waals surface area (Å²) in [4.78, 5) is 38.3. The molecule has 9 nitrogen and oxygen atoms in total. The van der Waals surface area contributed by atoms with Crippen LogP contribution in [0.1, 0.15) is 34.3 Å². The second-order valence-electron chi connectivity index (χ2n) is 8.32. The number of carbonyl (C=O) groups excluding carboxylic acids is 2. The predicted molar refractivity (Wildman–Crippen MR) is 126 cm³/mol. The number of nitrogens with one attached hydrogen (secondary N) is 1. The molecule has 34 heavy (non-hydrogen) atoms. The topological polar surface area (TPSA) is 124 Å². The molecule has 182 valence electrons. The number of hydrogen-bond acceptors (Lipinski definition) is 5. The van der Waals surface area contributed by atoms with Gasteiger partial charge in [0.2, 0.25) is 15.9 Å². The van der Waals surface area contributed by atoms with Crippen LogP contribution in [0.3, 0.4) is 0 Å². The number of piperazine rings is 1. The van der Waals surface area contributed by atoms with E-state index in [2.05, 4.69) is 5.32 Å². The maximum absolute atomic E-state index is 13.1. The van der Waals surface area contributed by atoms with E-state index < -0.39 is 27.9 Å². The zero-order valence-corrected chi connectivity index (χ0v) is 20.0. The zero-order valence-electron chi connectivity index (χ0n) is 19.2. The number of sulfonamides is 1. The fourth-order valence-electron chi connectivity index (χ4n) is 3.82. The molecule has 1 atom stereocenters. The van der Waals surface area contributed by atoms with E-state index in [0.717, 1.165) is 5.56 Å². The van der Waals surface area contributed by atoms with Gasteiger partial charge >= 0.3 is 5.97 Å². The number of amides is 2. The molecule has 0 unspecified atom stereocenters. The Morgan fingerprint density at radius 1 is 1.00 bits per heavy atom. The predicted octanol–water partition coefficient (Wildman–Crippen LogP) is 1.80.